The van der Waals surface area contributed by atoms with Crippen LogP contribution in [0.4, 0.5) is 5.82 Å². The van der Waals surface area contributed by atoms with E-state index in [9.17, 15) is 0 Å². The van der Waals surface area contributed by atoms with Crippen molar-refractivity contribution in [3.63, 3.8) is 0 Å². The van der Waals surface area contributed by atoms with Gasteiger partial charge in [-0.3, -0.25) is 0 Å². The van der Waals surface area contributed by atoms with E-state index in [1.807, 2.05) is 41.2 Å². The molecule has 0 unspecified atom stereocenters. The smallest absolute Gasteiger partial charge is 0.168 e. The normalized spacial score (nSPS) is 11.2. The molecule has 0 aliphatic heterocycles. The predicted octanol–water partition coefficient (Wildman–Crippen LogP) is 3.88. The molecular formula is C22H24N6. The first kappa shape index (κ1) is 18.1. The molecule has 2 aromatic carbocycles. The topological polar surface area (TPSA) is 58.9 Å². The van der Waals surface area contributed by atoms with Crippen molar-refractivity contribution in [1.82, 2.24) is 24.6 Å². The van der Waals surface area contributed by atoms with E-state index < -0.39 is 0 Å². The highest BCUT2D eigenvalue weighted by molar-refractivity contribution is 5.87. The van der Waals surface area contributed by atoms with Crippen LogP contribution in [0.15, 0.2) is 67.1 Å². The van der Waals surface area contributed by atoms with Gasteiger partial charge in [-0.15, -0.1) is 0 Å². The Labute approximate surface area is 164 Å². The van der Waals surface area contributed by atoms with Gasteiger partial charge in [0.05, 0.1) is 17.3 Å². The lowest BCUT2D eigenvalue weighted by Crippen LogP contribution is -2.16. The fourth-order valence-electron chi connectivity index (χ4n) is 3.19. The fraction of sp³-hybridized carbons (Fsp3) is 0.227. The van der Waals surface area contributed by atoms with Crippen LogP contribution in [0.3, 0.4) is 0 Å². The summed E-state index contributed by atoms with van der Waals surface area (Å²) in [6.07, 6.45) is 3.40. The maximum absolute atomic E-state index is 4.51. The molecule has 0 radical (unpaired) electrons. The summed E-state index contributed by atoms with van der Waals surface area (Å²) in [5, 5.41) is 8.86. The van der Waals surface area contributed by atoms with Crippen molar-refractivity contribution in [1.29, 1.82) is 0 Å². The van der Waals surface area contributed by atoms with Gasteiger partial charge in [-0.25, -0.2) is 14.6 Å². The summed E-state index contributed by atoms with van der Waals surface area (Å²) < 4.78 is 1.84. The van der Waals surface area contributed by atoms with E-state index in [1.54, 1.807) is 6.33 Å². The van der Waals surface area contributed by atoms with Gasteiger partial charge < -0.3 is 10.2 Å². The molecule has 4 aromatic rings. The van der Waals surface area contributed by atoms with Crippen LogP contribution in [0.25, 0.3) is 16.7 Å². The molecule has 28 heavy (non-hydrogen) atoms. The van der Waals surface area contributed by atoms with E-state index in [-0.39, 0.29) is 0 Å². The van der Waals surface area contributed by atoms with Crippen molar-refractivity contribution in [3.05, 3.63) is 78.2 Å². The molecule has 142 valence electrons. The van der Waals surface area contributed by atoms with Crippen LogP contribution < -0.4 is 5.32 Å². The number of fused-ring (bicyclic) bond motifs is 1. The van der Waals surface area contributed by atoms with Crippen LogP contribution in [0.2, 0.25) is 0 Å². The Hall–Kier alpha value is -3.25. The zero-order valence-electron chi connectivity index (χ0n) is 16.2. The minimum Gasteiger partial charge on any atom is -0.365 e. The SMILES string of the molecule is CCN(C)Cc1cccc(CNc2ncnc3c2cnn3-c2ccccc2)c1. The van der Waals surface area contributed by atoms with Gasteiger partial charge in [0.1, 0.15) is 12.1 Å². The first-order valence-electron chi connectivity index (χ1n) is 9.49. The third kappa shape index (κ3) is 3.87. The molecule has 0 bridgehead atoms. The summed E-state index contributed by atoms with van der Waals surface area (Å²) in [6, 6.07) is 18.7. The van der Waals surface area contributed by atoms with Crippen molar-refractivity contribution in [2.45, 2.75) is 20.0 Å². The van der Waals surface area contributed by atoms with E-state index in [0.29, 0.717) is 6.54 Å². The van der Waals surface area contributed by atoms with E-state index in [0.717, 1.165) is 35.6 Å². The zero-order valence-corrected chi connectivity index (χ0v) is 16.2. The number of nitrogens with zero attached hydrogens (tertiary/aromatic N) is 5. The molecule has 0 aliphatic carbocycles. The van der Waals surface area contributed by atoms with Crippen LogP contribution >= 0.6 is 0 Å². The van der Waals surface area contributed by atoms with Crippen molar-refractivity contribution >= 4 is 16.9 Å². The van der Waals surface area contributed by atoms with Gasteiger partial charge in [-0.05, 0) is 36.9 Å². The molecule has 0 atom stereocenters. The Morgan fingerprint density at radius 3 is 2.64 bits per heavy atom. The molecule has 6 heteroatoms. The third-order valence-corrected chi connectivity index (χ3v) is 4.81. The van der Waals surface area contributed by atoms with Crippen LogP contribution in [0.1, 0.15) is 18.1 Å². The van der Waals surface area contributed by atoms with E-state index >= 15 is 0 Å². The first-order valence-corrected chi connectivity index (χ1v) is 9.49. The second-order valence-electron chi connectivity index (χ2n) is 6.86. The van der Waals surface area contributed by atoms with Crippen LogP contribution in [0, 0.1) is 0 Å². The molecular weight excluding hydrogens is 348 g/mol. The second kappa shape index (κ2) is 8.19. The number of aromatic nitrogens is 4. The molecule has 1 N–H and O–H groups in total. The van der Waals surface area contributed by atoms with Gasteiger partial charge in [0, 0.05) is 13.1 Å². The van der Waals surface area contributed by atoms with Crippen molar-refractivity contribution < 1.29 is 0 Å². The van der Waals surface area contributed by atoms with Gasteiger partial charge in [0.25, 0.3) is 0 Å². The van der Waals surface area contributed by atoms with E-state index in [4.69, 9.17) is 0 Å². The van der Waals surface area contributed by atoms with Crippen molar-refractivity contribution in [2.75, 3.05) is 18.9 Å². The molecule has 0 fully saturated rings. The van der Waals surface area contributed by atoms with Crippen LogP contribution in [0.5, 0.6) is 0 Å². The number of hydrogen-bond donors (Lipinski definition) is 1. The Morgan fingerprint density at radius 1 is 1.00 bits per heavy atom. The lowest BCUT2D eigenvalue weighted by molar-refractivity contribution is 0.345. The molecule has 0 amide bonds. The summed E-state index contributed by atoms with van der Waals surface area (Å²) in [7, 11) is 2.13. The Balaban J connectivity index is 1.55. The third-order valence-electron chi connectivity index (χ3n) is 4.81. The summed E-state index contributed by atoms with van der Waals surface area (Å²) in [6.45, 7) is 4.85. The second-order valence-corrected chi connectivity index (χ2v) is 6.86. The molecule has 0 saturated heterocycles. The largest absolute Gasteiger partial charge is 0.365 e. The van der Waals surface area contributed by atoms with Gasteiger partial charge in [0.2, 0.25) is 0 Å². The van der Waals surface area contributed by atoms with E-state index in [1.165, 1.54) is 11.1 Å². The van der Waals surface area contributed by atoms with Gasteiger partial charge in [-0.2, -0.15) is 5.10 Å². The molecule has 4 rings (SSSR count). The highest BCUT2D eigenvalue weighted by Crippen LogP contribution is 2.22. The first-order chi connectivity index (χ1) is 13.7. The fourth-order valence-corrected chi connectivity index (χ4v) is 3.19. The minimum atomic E-state index is 0.701. The maximum Gasteiger partial charge on any atom is 0.168 e. The minimum absolute atomic E-state index is 0.701. The lowest BCUT2D eigenvalue weighted by atomic mass is 10.1. The Morgan fingerprint density at radius 2 is 1.82 bits per heavy atom. The standard InChI is InChI=1S/C22H24N6/c1-3-27(2)15-18-9-7-8-17(12-18)13-23-21-20-14-26-28(22(20)25-16-24-21)19-10-5-4-6-11-19/h4-12,14,16H,3,13,15H2,1-2H3,(H,23,24,25). The van der Waals surface area contributed by atoms with Crippen molar-refractivity contribution in [3.8, 4) is 5.69 Å². The quantitative estimate of drug-likeness (QED) is 0.533. The molecule has 6 nitrogen and oxygen atoms in total. The number of anilines is 1. The average molecular weight is 372 g/mol. The Kier molecular flexibility index (Phi) is 5.30. The monoisotopic (exact) mass is 372 g/mol. The number of para-hydroxylation sites is 1. The number of nitrogens with one attached hydrogen (secondary N) is 1. The molecule has 2 heterocycles. The summed E-state index contributed by atoms with van der Waals surface area (Å²) in [5.41, 5.74) is 4.31. The van der Waals surface area contributed by atoms with Gasteiger partial charge >= 0.3 is 0 Å². The number of hydrogen-bond acceptors (Lipinski definition) is 5. The predicted molar refractivity (Wildman–Crippen MR) is 112 cm³/mol. The van der Waals surface area contributed by atoms with Crippen LogP contribution in [-0.2, 0) is 13.1 Å². The van der Waals surface area contributed by atoms with Gasteiger partial charge in [-0.1, -0.05) is 49.4 Å². The summed E-state index contributed by atoms with van der Waals surface area (Å²) in [5.74, 6) is 0.795. The highest BCUT2D eigenvalue weighted by atomic mass is 15.3. The average Bonchev–Trinajstić information content (AvgIpc) is 3.18. The zero-order chi connectivity index (χ0) is 19.3. The lowest BCUT2D eigenvalue weighted by Gasteiger charge is -2.14. The summed E-state index contributed by atoms with van der Waals surface area (Å²) >= 11 is 0. The number of rotatable bonds is 7. The summed E-state index contributed by atoms with van der Waals surface area (Å²) in [4.78, 5) is 11.2. The van der Waals surface area contributed by atoms with Crippen LogP contribution in [-0.4, -0.2) is 38.2 Å². The van der Waals surface area contributed by atoms with E-state index in [2.05, 4.69) is 63.5 Å². The number of benzene rings is 2. The van der Waals surface area contributed by atoms with Crippen molar-refractivity contribution in [2.24, 2.45) is 0 Å². The molecule has 0 aliphatic rings. The Bertz CT molecular complexity index is 1060. The molecule has 0 saturated carbocycles. The maximum atomic E-state index is 4.51. The van der Waals surface area contributed by atoms with Gasteiger partial charge in [0.15, 0.2) is 5.65 Å². The highest BCUT2D eigenvalue weighted by Gasteiger charge is 2.11. The molecule has 0 spiro atoms. The molecule has 2 aromatic heterocycles.